The van der Waals surface area contributed by atoms with Crippen LogP contribution in [0.5, 0.6) is 5.75 Å². The Morgan fingerprint density at radius 2 is 1.50 bits per heavy atom. The Balaban J connectivity index is 1.47. The van der Waals surface area contributed by atoms with Crippen LogP contribution in [-0.4, -0.2) is 27.6 Å². The molecule has 0 fully saturated rings. The second-order valence-corrected chi connectivity index (χ2v) is 9.48. The van der Waals surface area contributed by atoms with Gasteiger partial charge in [0.25, 0.3) is 0 Å². The summed E-state index contributed by atoms with van der Waals surface area (Å²) >= 11 is 0. The second kappa shape index (κ2) is 11.5. The van der Waals surface area contributed by atoms with Crippen LogP contribution >= 0.6 is 0 Å². The van der Waals surface area contributed by atoms with Gasteiger partial charge in [-0.3, -0.25) is 0 Å². The molecular weight excluding hydrogens is 450 g/mol. The molecule has 4 rings (SSSR count). The molecule has 0 saturated heterocycles. The van der Waals surface area contributed by atoms with Crippen molar-refractivity contribution >= 4 is 11.9 Å². The molecule has 0 spiro atoms. The van der Waals surface area contributed by atoms with Gasteiger partial charge < -0.3 is 14.8 Å². The second-order valence-electron chi connectivity index (χ2n) is 9.48. The van der Waals surface area contributed by atoms with Crippen molar-refractivity contribution in [3.63, 3.8) is 0 Å². The first-order valence-electron chi connectivity index (χ1n) is 12.0. The Hall–Kier alpha value is -4.19. The summed E-state index contributed by atoms with van der Waals surface area (Å²) in [5, 5.41) is 3.19. The van der Waals surface area contributed by atoms with Crippen molar-refractivity contribution in [2.75, 3.05) is 5.32 Å². The molecule has 1 atom stereocenters. The van der Waals surface area contributed by atoms with E-state index in [2.05, 4.69) is 15.3 Å². The van der Waals surface area contributed by atoms with Crippen LogP contribution in [0.1, 0.15) is 31.9 Å². The molecule has 0 amide bonds. The smallest absolute Gasteiger partial charge is 0.329 e. The number of nitrogens with one attached hydrogen (secondary N) is 1. The van der Waals surface area contributed by atoms with Crippen molar-refractivity contribution in [2.45, 2.75) is 45.4 Å². The zero-order valence-corrected chi connectivity index (χ0v) is 20.8. The van der Waals surface area contributed by atoms with E-state index in [1.165, 1.54) is 0 Å². The summed E-state index contributed by atoms with van der Waals surface area (Å²) in [5.41, 5.74) is 3.20. The predicted molar refractivity (Wildman–Crippen MR) is 142 cm³/mol. The number of carbonyl (C=O) groups excluding carboxylic acids is 1. The quantitative estimate of drug-likeness (QED) is 0.292. The Morgan fingerprint density at radius 3 is 2.14 bits per heavy atom. The molecule has 0 aliphatic carbocycles. The van der Waals surface area contributed by atoms with Crippen molar-refractivity contribution in [1.29, 1.82) is 0 Å². The number of ether oxygens (including phenoxy) is 2. The highest BCUT2D eigenvalue weighted by Crippen LogP contribution is 2.23. The van der Waals surface area contributed by atoms with Gasteiger partial charge in [0.05, 0.1) is 5.69 Å². The maximum absolute atomic E-state index is 13.0. The predicted octanol–water partition coefficient (Wildman–Crippen LogP) is 6.09. The lowest BCUT2D eigenvalue weighted by molar-refractivity contribution is -0.155. The molecule has 1 unspecified atom stereocenters. The van der Waals surface area contributed by atoms with Crippen LogP contribution in [0.25, 0.3) is 11.3 Å². The zero-order valence-electron chi connectivity index (χ0n) is 20.8. The van der Waals surface area contributed by atoms with E-state index in [1.807, 2.05) is 112 Å². The number of esters is 1. The number of anilines is 1. The molecule has 6 nitrogen and oxygen atoms in total. The SMILES string of the molecule is CC(C)(C)OC(=O)C(Cc1ccccc1)Nc1nccc(-c2ccc(OCc3ccccc3)cc2)n1. The molecule has 0 radical (unpaired) electrons. The molecule has 0 aliphatic rings. The van der Waals surface area contributed by atoms with Gasteiger partial charge in [0.2, 0.25) is 5.95 Å². The minimum absolute atomic E-state index is 0.347. The van der Waals surface area contributed by atoms with Crippen LogP contribution in [0.15, 0.2) is 97.2 Å². The standard InChI is InChI=1S/C30H31N3O3/c1-30(2,3)36-28(34)27(20-22-10-6-4-7-11-22)33-29-31-19-18-26(32-29)24-14-16-25(17-15-24)35-21-23-12-8-5-9-13-23/h4-19,27H,20-21H2,1-3H3,(H,31,32,33). The number of nitrogens with zero attached hydrogens (tertiary/aromatic N) is 2. The minimum Gasteiger partial charge on any atom is -0.489 e. The van der Waals surface area contributed by atoms with E-state index in [1.54, 1.807) is 6.20 Å². The van der Waals surface area contributed by atoms with Gasteiger partial charge in [0, 0.05) is 18.2 Å². The number of rotatable bonds is 9. The Bertz CT molecular complexity index is 1250. The highest BCUT2D eigenvalue weighted by Gasteiger charge is 2.26. The van der Waals surface area contributed by atoms with Gasteiger partial charge in [-0.1, -0.05) is 60.7 Å². The van der Waals surface area contributed by atoms with Gasteiger partial charge in [0.15, 0.2) is 0 Å². The number of aromatic nitrogens is 2. The van der Waals surface area contributed by atoms with Crippen LogP contribution < -0.4 is 10.1 Å². The highest BCUT2D eigenvalue weighted by atomic mass is 16.6. The molecule has 4 aromatic rings. The number of carbonyl (C=O) groups is 1. The van der Waals surface area contributed by atoms with Gasteiger partial charge in [-0.15, -0.1) is 0 Å². The molecule has 0 saturated carbocycles. The number of benzene rings is 3. The van der Waals surface area contributed by atoms with Crippen LogP contribution in [0.2, 0.25) is 0 Å². The van der Waals surface area contributed by atoms with Crippen molar-refractivity contribution in [2.24, 2.45) is 0 Å². The van der Waals surface area contributed by atoms with Crippen molar-refractivity contribution in [1.82, 2.24) is 9.97 Å². The molecule has 0 bridgehead atoms. The first kappa shape index (κ1) is 24.9. The van der Waals surface area contributed by atoms with Crippen LogP contribution in [-0.2, 0) is 22.6 Å². The summed E-state index contributed by atoms with van der Waals surface area (Å²) in [4.78, 5) is 22.0. The van der Waals surface area contributed by atoms with Crippen LogP contribution in [0.3, 0.4) is 0 Å². The first-order chi connectivity index (χ1) is 17.4. The molecule has 184 valence electrons. The van der Waals surface area contributed by atoms with E-state index in [0.717, 1.165) is 28.1 Å². The van der Waals surface area contributed by atoms with Gasteiger partial charge >= 0.3 is 5.97 Å². The van der Waals surface area contributed by atoms with E-state index in [-0.39, 0.29) is 5.97 Å². The Morgan fingerprint density at radius 1 is 0.861 bits per heavy atom. The fourth-order valence-electron chi connectivity index (χ4n) is 3.62. The zero-order chi connectivity index (χ0) is 25.4. The maximum atomic E-state index is 13.0. The van der Waals surface area contributed by atoms with Crippen molar-refractivity contribution in [3.8, 4) is 17.0 Å². The van der Waals surface area contributed by atoms with Crippen LogP contribution in [0.4, 0.5) is 5.95 Å². The van der Waals surface area contributed by atoms with Gasteiger partial charge in [-0.25, -0.2) is 14.8 Å². The molecule has 1 heterocycles. The highest BCUT2D eigenvalue weighted by molar-refractivity contribution is 5.79. The fourth-order valence-corrected chi connectivity index (χ4v) is 3.62. The molecule has 36 heavy (non-hydrogen) atoms. The topological polar surface area (TPSA) is 73.3 Å². The lowest BCUT2D eigenvalue weighted by atomic mass is 10.1. The molecule has 6 heteroatoms. The van der Waals surface area contributed by atoms with E-state index in [0.29, 0.717) is 19.0 Å². The Labute approximate surface area is 212 Å². The summed E-state index contributed by atoms with van der Waals surface area (Å²) < 4.78 is 11.5. The summed E-state index contributed by atoms with van der Waals surface area (Å²) in [6, 6.07) is 28.8. The third-order valence-corrected chi connectivity index (χ3v) is 5.33. The lowest BCUT2D eigenvalue weighted by Crippen LogP contribution is -2.38. The Kier molecular flexibility index (Phi) is 7.95. The normalized spacial score (nSPS) is 12.0. The number of hydrogen-bond donors (Lipinski definition) is 1. The average molecular weight is 482 g/mol. The van der Waals surface area contributed by atoms with Crippen LogP contribution in [0, 0.1) is 0 Å². The maximum Gasteiger partial charge on any atom is 0.329 e. The average Bonchev–Trinajstić information content (AvgIpc) is 2.88. The molecule has 0 aliphatic heterocycles. The summed E-state index contributed by atoms with van der Waals surface area (Å²) in [6.07, 6.45) is 2.13. The third kappa shape index (κ3) is 7.40. The van der Waals surface area contributed by atoms with Gasteiger partial charge in [-0.05, 0) is 62.2 Å². The van der Waals surface area contributed by atoms with E-state index in [4.69, 9.17) is 9.47 Å². The minimum atomic E-state index is -0.629. The summed E-state index contributed by atoms with van der Waals surface area (Å²) in [5.74, 6) is 0.798. The number of hydrogen-bond acceptors (Lipinski definition) is 6. The molecule has 1 aromatic heterocycles. The molecule has 3 aromatic carbocycles. The first-order valence-corrected chi connectivity index (χ1v) is 12.0. The van der Waals surface area contributed by atoms with Gasteiger partial charge in [-0.2, -0.15) is 0 Å². The monoisotopic (exact) mass is 481 g/mol. The summed E-state index contributed by atoms with van der Waals surface area (Å²) in [6.45, 7) is 6.08. The van der Waals surface area contributed by atoms with E-state index in [9.17, 15) is 4.79 Å². The third-order valence-electron chi connectivity index (χ3n) is 5.33. The van der Waals surface area contributed by atoms with Gasteiger partial charge in [0.1, 0.15) is 24.0 Å². The summed E-state index contributed by atoms with van der Waals surface area (Å²) in [7, 11) is 0. The fraction of sp³-hybridized carbons (Fsp3) is 0.233. The van der Waals surface area contributed by atoms with E-state index >= 15 is 0 Å². The lowest BCUT2D eigenvalue weighted by Gasteiger charge is -2.24. The van der Waals surface area contributed by atoms with E-state index < -0.39 is 11.6 Å². The largest absolute Gasteiger partial charge is 0.489 e. The van der Waals surface area contributed by atoms with Crippen molar-refractivity contribution < 1.29 is 14.3 Å². The molecular formula is C30H31N3O3. The molecule has 1 N–H and O–H groups in total. The van der Waals surface area contributed by atoms with Crippen molar-refractivity contribution in [3.05, 3.63) is 108 Å².